The fourth-order valence-electron chi connectivity index (χ4n) is 13.1. The van der Waals surface area contributed by atoms with Crippen molar-refractivity contribution in [3.8, 4) is 5.75 Å². The number of hydrogen-bond donors (Lipinski definition) is 2. The summed E-state index contributed by atoms with van der Waals surface area (Å²) in [5.74, 6) is -5.91. The van der Waals surface area contributed by atoms with Gasteiger partial charge in [0.15, 0.2) is 6.10 Å². The van der Waals surface area contributed by atoms with Gasteiger partial charge < -0.3 is 38.8 Å². The number of nitrogens with zero attached hydrogens (tertiary/aromatic N) is 3. The van der Waals surface area contributed by atoms with E-state index in [9.17, 15) is 18.9 Å². The minimum atomic E-state index is -3.00. The van der Waals surface area contributed by atoms with Crippen LogP contribution >= 0.6 is 0 Å². The molecule has 5 heterocycles. The quantitative estimate of drug-likeness (QED) is 0.156. The Morgan fingerprint density at radius 3 is 2.38 bits per heavy atom. The van der Waals surface area contributed by atoms with Crippen LogP contribution < -0.4 is 9.64 Å². The van der Waals surface area contributed by atoms with E-state index in [4.69, 9.17) is 18.9 Å². The van der Waals surface area contributed by atoms with Crippen molar-refractivity contribution in [3.05, 3.63) is 64.9 Å². The third-order valence-electron chi connectivity index (χ3n) is 15.8. The van der Waals surface area contributed by atoms with Gasteiger partial charge in [-0.25, -0.2) is 13.6 Å². The van der Waals surface area contributed by atoms with Crippen molar-refractivity contribution < 1.29 is 51.4 Å². The molecular weight excluding hydrogens is 847 g/mol. The lowest BCUT2D eigenvalue weighted by Gasteiger charge is -2.63. The highest BCUT2D eigenvalue weighted by Crippen LogP contribution is 2.68. The third-order valence-corrected chi connectivity index (χ3v) is 16.7. The molecule has 2 N–H and O–H groups in total. The van der Waals surface area contributed by atoms with Gasteiger partial charge in [0, 0.05) is 112 Å². The number of likely N-dealkylation sites (N-methyl/N-ethyl adjacent to an activating group) is 2. The highest BCUT2D eigenvalue weighted by Gasteiger charge is 2.80. The third kappa shape index (κ3) is 6.50. The minimum Gasteiger partial charge on any atom is -0.496 e. The van der Waals surface area contributed by atoms with Gasteiger partial charge in [0.05, 0.1) is 27.4 Å². The first-order chi connectivity index (χ1) is 30.3. The number of carbonyl (C=O) groups is 3. The summed E-state index contributed by atoms with van der Waals surface area (Å²) in [5, 5.41) is 14.1. The number of aliphatic hydroxyl groups is 1. The SMILES string of the molecule is CCN1CCc2c([nH]c3ccc(S(C)=O)cc23)[C@@](C(=O)OC)(c2cc3c(cc2OC)N(C)[C@H]2[C@@](O)(C(=O)OC)[C@H](OC(C)=O)[C@]4(CC)C=CCN5CC[C@]32[C@@H]54)CCCC(C(C)(F)F)C1. The molecule has 3 aromatic rings. The monoisotopic (exact) mass is 908 g/mol. The summed E-state index contributed by atoms with van der Waals surface area (Å²) >= 11 is 0. The number of alkyl halides is 2. The molecule has 8 rings (SSSR count). The zero-order valence-corrected chi connectivity index (χ0v) is 39.2. The first kappa shape index (κ1) is 46.2. The smallest absolute Gasteiger partial charge is 0.344 e. The van der Waals surface area contributed by atoms with Gasteiger partial charge in [0.1, 0.15) is 11.2 Å². The van der Waals surface area contributed by atoms with E-state index >= 15 is 13.6 Å². The molecular formula is C48H62F2N4O9S. The van der Waals surface area contributed by atoms with Crippen molar-refractivity contribution in [2.45, 2.75) is 112 Å². The van der Waals surface area contributed by atoms with Gasteiger partial charge in [-0.05, 0) is 87.5 Å². The van der Waals surface area contributed by atoms with Crippen LogP contribution in [0.3, 0.4) is 0 Å². The number of halogens is 2. The van der Waals surface area contributed by atoms with Crippen LogP contribution in [-0.4, -0.2) is 139 Å². The van der Waals surface area contributed by atoms with Crippen LogP contribution in [0.2, 0.25) is 0 Å². The number of H-pyrrole nitrogens is 1. The summed E-state index contributed by atoms with van der Waals surface area (Å²) in [7, 11) is 4.52. The van der Waals surface area contributed by atoms with Crippen molar-refractivity contribution in [2.24, 2.45) is 11.3 Å². The second-order valence-corrected chi connectivity index (χ2v) is 20.1. The van der Waals surface area contributed by atoms with Gasteiger partial charge in [-0.3, -0.25) is 18.7 Å². The zero-order valence-electron chi connectivity index (χ0n) is 38.3. The van der Waals surface area contributed by atoms with Crippen molar-refractivity contribution in [2.75, 3.05) is 72.3 Å². The fraction of sp³-hybridized carbons (Fsp3) is 0.604. The molecule has 1 spiro atoms. The maximum atomic E-state index is 15.6. The van der Waals surface area contributed by atoms with E-state index in [1.54, 1.807) is 19.4 Å². The van der Waals surface area contributed by atoms with Crippen molar-refractivity contribution in [1.29, 1.82) is 0 Å². The summed E-state index contributed by atoms with van der Waals surface area (Å²) in [6.07, 6.45) is 5.91. The van der Waals surface area contributed by atoms with Gasteiger partial charge >= 0.3 is 17.9 Å². The molecule has 5 aliphatic rings. The summed E-state index contributed by atoms with van der Waals surface area (Å²) in [4.78, 5) is 53.3. The number of hydrogen-bond acceptors (Lipinski definition) is 12. The van der Waals surface area contributed by atoms with Crippen LogP contribution in [-0.2, 0) is 56.6 Å². The van der Waals surface area contributed by atoms with E-state index < -0.39 is 80.6 Å². The molecule has 0 amide bonds. The minimum absolute atomic E-state index is 0.0595. The number of carbonyl (C=O) groups excluding carboxylic acids is 3. The number of anilines is 1. The Kier molecular flexibility index (Phi) is 11.9. The van der Waals surface area contributed by atoms with Crippen LogP contribution in [0.4, 0.5) is 14.5 Å². The predicted octanol–water partition coefficient (Wildman–Crippen LogP) is 5.64. The second kappa shape index (κ2) is 16.5. The normalized spacial score (nSPS) is 32.2. The molecule has 348 valence electrons. The van der Waals surface area contributed by atoms with Crippen LogP contribution in [0.5, 0.6) is 5.75 Å². The molecule has 1 saturated carbocycles. The Bertz CT molecular complexity index is 2420. The van der Waals surface area contributed by atoms with E-state index in [-0.39, 0.29) is 25.8 Å². The lowest BCUT2D eigenvalue weighted by molar-refractivity contribution is -0.228. The van der Waals surface area contributed by atoms with E-state index in [2.05, 4.69) is 9.88 Å². The Balaban J connectivity index is 1.46. The maximum absolute atomic E-state index is 15.6. The van der Waals surface area contributed by atoms with Gasteiger partial charge in [0.2, 0.25) is 11.5 Å². The summed E-state index contributed by atoms with van der Waals surface area (Å²) < 4.78 is 67.8. The first-order valence-corrected chi connectivity index (χ1v) is 23.9. The number of benzene rings is 2. The van der Waals surface area contributed by atoms with Crippen molar-refractivity contribution in [1.82, 2.24) is 14.8 Å². The molecule has 2 fully saturated rings. The molecule has 0 radical (unpaired) electrons. The largest absolute Gasteiger partial charge is 0.496 e. The van der Waals surface area contributed by atoms with Crippen molar-refractivity contribution in [3.63, 3.8) is 0 Å². The molecule has 13 nitrogen and oxygen atoms in total. The number of ether oxygens (including phenoxy) is 4. The number of methoxy groups -OCH3 is 3. The average molecular weight is 909 g/mol. The summed E-state index contributed by atoms with van der Waals surface area (Å²) in [6, 6.07) is 7.93. The lowest BCUT2D eigenvalue weighted by Crippen LogP contribution is -2.81. The number of aromatic amines is 1. The van der Waals surface area contributed by atoms with E-state index in [0.717, 1.165) is 23.4 Å². The Morgan fingerprint density at radius 1 is 1.02 bits per heavy atom. The molecule has 16 heteroatoms. The van der Waals surface area contributed by atoms with Gasteiger partial charge in [-0.1, -0.05) is 32.4 Å². The summed E-state index contributed by atoms with van der Waals surface area (Å²) in [5.41, 5.74) is -2.26. The highest BCUT2D eigenvalue weighted by atomic mass is 32.2. The molecule has 9 atom stereocenters. The topological polar surface area (TPSA) is 151 Å². The van der Waals surface area contributed by atoms with E-state index in [0.29, 0.717) is 78.5 Å². The Labute approximate surface area is 376 Å². The van der Waals surface area contributed by atoms with E-state index in [1.165, 1.54) is 28.3 Å². The first-order valence-electron chi connectivity index (χ1n) is 22.4. The van der Waals surface area contributed by atoms with Crippen LogP contribution in [0.15, 0.2) is 47.4 Å². The molecule has 4 aliphatic heterocycles. The van der Waals surface area contributed by atoms with Gasteiger partial charge in [-0.15, -0.1) is 0 Å². The van der Waals surface area contributed by atoms with Crippen molar-refractivity contribution >= 4 is 45.3 Å². The average Bonchev–Trinajstić information content (AvgIpc) is 3.92. The zero-order chi connectivity index (χ0) is 46.3. The van der Waals surface area contributed by atoms with Gasteiger partial charge in [0.25, 0.3) is 0 Å². The molecule has 1 saturated heterocycles. The molecule has 2 aromatic carbocycles. The van der Waals surface area contributed by atoms with Gasteiger partial charge in [-0.2, -0.15) is 0 Å². The number of rotatable bonds is 9. The number of esters is 3. The molecule has 1 aromatic heterocycles. The molecule has 2 unspecified atom stereocenters. The number of aromatic nitrogens is 1. The lowest BCUT2D eigenvalue weighted by atomic mass is 9.47. The second-order valence-electron chi connectivity index (χ2n) is 18.7. The summed E-state index contributed by atoms with van der Waals surface area (Å²) in [6.45, 7) is 8.43. The highest BCUT2D eigenvalue weighted by molar-refractivity contribution is 7.84. The Hall–Kier alpha value is -4.38. The molecule has 64 heavy (non-hydrogen) atoms. The van der Waals surface area contributed by atoms with Crippen LogP contribution in [0.1, 0.15) is 82.2 Å². The predicted molar refractivity (Wildman–Crippen MR) is 238 cm³/mol. The molecule has 0 bridgehead atoms. The number of fused-ring (bicyclic) bond motifs is 4. The fourth-order valence-corrected chi connectivity index (χ4v) is 13.6. The number of nitrogens with one attached hydrogen (secondary N) is 1. The van der Waals surface area contributed by atoms with Crippen LogP contribution in [0.25, 0.3) is 10.9 Å². The molecule has 1 aliphatic carbocycles. The van der Waals surface area contributed by atoms with Crippen LogP contribution in [0, 0.1) is 11.3 Å². The maximum Gasteiger partial charge on any atom is 0.344 e. The van der Waals surface area contributed by atoms with E-state index in [1.807, 2.05) is 60.1 Å². The standard InChI is InChI=1S/C48H62F2N4O9S/c1-10-45-18-13-21-54-23-20-47(39(45)54)33-25-34(37(60-6)26-36(33)52(5)40(47)48(58,43(57)62-8)41(45)63-28(3)55)46(42(56)61-7)19-12-14-29(44(4,49)50)27-53(11-2)22-17-31-32-24-30(64(9)59)15-16-35(32)51-38(31)46/h13,15-16,18,24-26,29,39-41,51,58H,10-12,14,17,19-23,27H2,1-9H3/t29?,39-,40+,41+,45+,46-,47+,48-,64?/m0/s1. The Morgan fingerprint density at radius 2 is 1.75 bits per heavy atom.